The van der Waals surface area contributed by atoms with Crippen molar-refractivity contribution in [2.75, 3.05) is 33.1 Å². The normalized spacial score (nSPS) is 18.7. The van der Waals surface area contributed by atoms with Crippen molar-refractivity contribution in [3.8, 4) is 5.75 Å². The Morgan fingerprint density at radius 1 is 1.50 bits per heavy atom. The van der Waals surface area contributed by atoms with E-state index in [2.05, 4.69) is 0 Å². The van der Waals surface area contributed by atoms with Crippen molar-refractivity contribution in [1.82, 2.24) is 4.90 Å². The molecule has 5 nitrogen and oxygen atoms in total. The highest BCUT2D eigenvalue weighted by Gasteiger charge is 2.25. The molecule has 0 saturated carbocycles. The highest BCUT2D eigenvalue weighted by atomic mass is 16.5. The molecule has 1 aliphatic rings. The fourth-order valence-corrected chi connectivity index (χ4v) is 2.06. The Kier molecular flexibility index (Phi) is 3.72. The molecular formula is C13H18N2O3. The number of hydrogen-bond donors (Lipinski definition) is 1. The molecule has 1 saturated heterocycles. The minimum Gasteiger partial charge on any atom is -0.497 e. The monoisotopic (exact) mass is 250 g/mol. The quantitative estimate of drug-likeness (QED) is 0.817. The lowest BCUT2D eigenvalue weighted by Gasteiger charge is -2.23. The number of amides is 1. The van der Waals surface area contributed by atoms with Gasteiger partial charge in [-0.15, -0.1) is 0 Å². The van der Waals surface area contributed by atoms with Crippen LogP contribution in [0.15, 0.2) is 18.2 Å². The molecule has 1 heterocycles. The first-order valence-corrected chi connectivity index (χ1v) is 5.91. The second kappa shape index (κ2) is 5.27. The van der Waals surface area contributed by atoms with Crippen molar-refractivity contribution in [1.29, 1.82) is 0 Å². The van der Waals surface area contributed by atoms with E-state index in [1.807, 2.05) is 0 Å². The summed E-state index contributed by atoms with van der Waals surface area (Å²) in [6, 6.07) is 5.20. The van der Waals surface area contributed by atoms with Gasteiger partial charge in [-0.05, 0) is 18.6 Å². The van der Waals surface area contributed by atoms with Crippen molar-refractivity contribution < 1.29 is 14.3 Å². The van der Waals surface area contributed by atoms with Gasteiger partial charge in [0, 0.05) is 31.0 Å². The minimum atomic E-state index is -0.0592. The van der Waals surface area contributed by atoms with Crippen molar-refractivity contribution in [2.45, 2.75) is 12.5 Å². The Balaban J connectivity index is 2.19. The molecule has 0 aromatic heterocycles. The van der Waals surface area contributed by atoms with E-state index >= 15 is 0 Å². The Morgan fingerprint density at radius 3 is 2.89 bits per heavy atom. The van der Waals surface area contributed by atoms with Crippen LogP contribution in [-0.4, -0.2) is 44.2 Å². The van der Waals surface area contributed by atoms with Gasteiger partial charge < -0.3 is 20.1 Å². The lowest BCUT2D eigenvalue weighted by molar-refractivity contribution is 0.0711. The number of likely N-dealkylation sites (N-methyl/N-ethyl adjacent to an activating group) is 1. The van der Waals surface area contributed by atoms with Crippen molar-refractivity contribution in [3.05, 3.63) is 23.8 Å². The molecule has 0 radical (unpaired) electrons. The number of nitrogen functional groups attached to an aromatic ring is 1. The van der Waals surface area contributed by atoms with Gasteiger partial charge in [-0.25, -0.2) is 0 Å². The van der Waals surface area contributed by atoms with Gasteiger partial charge in [0.25, 0.3) is 5.91 Å². The molecular weight excluding hydrogens is 232 g/mol. The van der Waals surface area contributed by atoms with E-state index in [-0.39, 0.29) is 11.9 Å². The van der Waals surface area contributed by atoms with Crippen LogP contribution in [0.5, 0.6) is 5.75 Å². The van der Waals surface area contributed by atoms with Crippen LogP contribution in [0.4, 0.5) is 5.69 Å². The second-order valence-electron chi connectivity index (χ2n) is 4.43. The summed E-state index contributed by atoms with van der Waals surface area (Å²) in [4.78, 5) is 14.0. The van der Waals surface area contributed by atoms with E-state index in [4.69, 9.17) is 15.2 Å². The third-order valence-corrected chi connectivity index (χ3v) is 3.19. The first-order chi connectivity index (χ1) is 8.61. The Morgan fingerprint density at radius 2 is 2.28 bits per heavy atom. The number of anilines is 1. The molecule has 1 atom stereocenters. The van der Waals surface area contributed by atoms with Gasteiger partial charge in [0.05, 0.1) is 19.8 Å². The third kappa shape index (κ3) is 2.56. The first kappa shape index (κ1) is 12.7. The van der Waals surface area contributed by atoms with Crippen LogP contribution in [0.2, 0.25) is 0 Å². The van der Waals surface area contributed by atoms with E-state index in [1.54, 1.807) is 37.3 Å². The van der Waals surface area contributed by atoms with Crippen molar-refractivity contribution in [3.63, 3.8) is 0 Å². The molecule has 2 rings (SSSR count). The fourth-order valence-electron chi connectivity index (χ4n) is 2.06. The van der Waals surface area contributed by atoms with Crippen LogP contribution < -0.4 is 10.5 Å². The lowest BCUT2D eigenvalue weighted by atomic mass is 10.1. The summed E-state index contributed by atoms with van der Waals surface area (Å²) in [6.07, 6.45) is 0.877. The van der Waals surface area contributed by atoms with Crippen LogP contribution in [-0.2, 0) is 4.74 Å². The standard InChI is InChI=1S/C13H18N2O3/c1-15(11-3-4-18-8-11)13(16)9-5-10(14)7-12(6-9)17-2/h5-7,11H,3-4,8,14H2,1-2H3. The van der Waals surface area contributed by atoms with Crippen LogP contribution in [0.1, 0.15) is 16.8 Å². The number of hydrogen-bond acceptors (Lipinski definition) is 4. The maximum Gasteiger partial charge on any atom is 0.254 e. The summed E-state index contributed by atoms with van der Waals surface area (Å²) in [6.45, 7) is 1.31. The highest BCUT2D eigenvalue weighted by molar-refractivity contribution is 5.95. The summed E-state index contributed by atoms with van der Waals surface area (Å²) in [5.41, 5.74) is 6.82. The van der Waals surface area contributed by atoms with Gasteiger partial charge in [-0.2, -0.15) is 0 Å². The zero-order chi connectivity index (χ0) is 13.1. The number of nitrogens with two attached hydrogens (primary N) is 1. The first-order valence-electron chi connectivity index (χ1n) is 5.91. The van der Waals surface area contributed by atoms with Crippen LogP contribution >= 0.6 is 0 Å². The Bertz CT molecular complexity index is 442. The molecule has 98 valence electrons. The summed E-state index contributed by atoms with van der Waals surface area (Å²) in [5.74, 6) is 0.533. The molecule has 1 fully saturated rings. The molecule has 1 amide bonds. The summed E-state index contributed by atoms with van der Waals surface area (Å²) in [5, 5.41) is 0. The summed E-state index contributed by atoms with van der Waals surface area (Å²) in [7, 11) is 3.34. The van der Waals surface area contributed by atoms with Gasteiger partial charge in [-0.3, -0.25) is 4.79 Å². The second-order valence-corrected chi connectivity index (χ2v) is 4.43. The van der Waals surface area contributed by atoms with E-state index in [9.17, 15) is 4.79 Å². The molecule has 0 bridgehead atoms. The largest absolute Gasteiger partial charge is 0.497 e. The zero-order valence-electron chi connectivity index (χ0n) is 10.7. The van der Waals surface area contributed by atoms with Gasteiger partial charge in [0.15, 0.2) is 0 Å². The smallest absolute Gasteiger partial charge is 0.254 e. The molecule has 5 heteroatoms. The number of ether oxygens (including phenoxy) is 2. The number of methoxy groups -OCH3 is 1. The predicted molar refractivity (Wildman–Crippen MR) is 68.7 cm³/mol. The average molecular weight is 250 g/mol. The molecule has 0 spiro atoms. The Hall–Kier alpha value is -1.75. The molecule has 18 heavy (non-hydrogen) atoms. The third-order valence-electron chi connectivity index (χ3n) is 3.19. The van der Waals surface area contributed by atoms with Crippen molar-refractivity contribution >= 4 is 11.6 Å². The van der Waals surface area contributed by atoms with Gasteiger partial charge in [0.2, 0.25) is 0 Å². The molecule has 1 unspecified atom stereocenters. The van der Waals surface area contributed by atoms with Gasteiger partial charge in [0.1, 0.15) is 5.75 Å². The van der Waals surface area contributed by atoms with E-state index in [0.29, 0.717) is 30.2 Å². The lowest BCUT2D eigenvalue weighted by Crippen LogP contribution is -2.37. The van der Waals surface area contributed by atoms with Crippen LogP contribution in [0, 0.1) is 0 Å². The number of benzene rings is 1. The molecule has 1 aromatic carbocycles. The maximum atomic E-state index is 12.3. The average Bonchev–Trinajstić information content (AvgIpc) is 2.90. The summed E-state index contributed by atoms with van der Waals surface area (Å²) < 4.78 is 10.4. The zero-order valence-corrected chi connectivity index (χ0v) is 10.7. The highest BCUT2D eigenvalue weighted by Crippen LogP contribution is 2.21. The van der Waals surface area contributed by atoms with E-state index < -0.39 is 0 Å². The SMILES string of the molecule is COc1cc(N)cc(C(=O)N(C)C2CCOC2)c1. The van der Waals surface area contributed by atoms with Crippen molar-refractivity contribution in [2.24, 2.45) is 0 Å². The maximum absolute atomic E-state index is 12.3. The predicted octanol–water partition coefficient (Wildman–Crippen LogP) is 1.14. The number of nitrogens with zero attached hydrogens (tertiary/aromatic N) is 1. The Labute approximate surface area is 106 Å². The van der Waals surface area contributed by atoms with Crippen LogP contribution in [0.3, 0.4) is 0 Å². The van der Waals surface area contributed by atoms with E-state index in [1.165, 1.54) is 0 Å². The molecule has 1 aliphatic heterocycles. The molecule has 2 N–H and O–H groups in total. The molecule has 0 aliphatic carbocycles. The van der Waals surface area contributed by atoms with Gasteiger partial charge >= 0.3 is 0 Å². The van der Waals surface area contributed by atoms with Gasteiger partial charge in [-0.1, -0.05) is 0 Å². The number of rotatable bonds is 3. The van der Waals surface area contributed by atoms with E-state index in [0.717, 1.165) is 6.42 Å². The fraction of sp³-hybridized carbons (Fsp3) is 0.462. The number of carbonyl (C=O) groups is 1. The summed E-state index contributed by atoms with van der Waals surface area (Å²) >= 11 is 0. The number of carbonyl (C=O) groups excluding carboxylic acids is 1. The van der Waals surface area contributed by atoms with Crippen LogP contribution in [0.25, 0.3) is 0 Å². The minimum absolute atomic E-state index is 0.0592. The molecule has 1 aromatic rings. The topological polar surface area (TPSA) is 64.8 Å².